The SMILES string of the molecule is COc1cc(-c2cncc(-c3cccc(C(=O)NCCN)c3)n2)ccc1O. The zero-order valence-electron chi connectivity index (χ0n) is 14.8. The van der Waals surface area contributed by atoms with Gasteiger partial charge in [-0.15, -0.1) is 0 Å². The summed E-state index contributed by atoms with van der Waals surface area (Å²) in [7, 11) is 1.49. The van der Waals surface area contributed by atoms with Crippen LogP contribution in [0.3, 0.4) is 0 Å². The molecule has 138 valence electrons. The van der Waals surface area contributed by atoms with Crippen molar-refractivity contribution in [2.24, 2.45) is 5.73 Å². The first-order valence-corrected chi connectivity index (χ1v) is 8.40. The standard InChI is InChI=1S/C20H20N4O3/c1-27-19-10-14(5-6-18(19)25)17-12-22-11-16(24-17)13-3-2-4-15(9-13)20(26)23-8-7-21/h2-6,9-12,25H,7-8,21H2,1H3,(H,23,26). The molecule has 4 N–H and O–H groups in total. The molecule has 3 rings (SSSR count). The Morgan fingerprint density at radius 2 is 1.89 bits per heavy atom. The highest BCUT2D eigenvalue weighted by Gasteiger charge is 2.10. The summed E-state index contributed by atoms with van der Waals surface area (Å²) in [5.74, 6) is 0.231. The fraction of sp³-hybridized carbons (Fsp3) is 0.150. The molecule has 0 bridgehead atoms. The Balaban J connectivity index is 1.93. The lowest BCUT2D eigenvalue weighted by atomic mass is 10.1. The first kappa shape index (κ1) is 18.3. The van der Waals surface area contributed by atoms with Crippen LogP contribution in [0, 0.1) is 0 Å². The highest BCUT2D eigenvalue weighted by Crippen LogP contribution is 2.31. The Labute approximate surface area is 156 Å². The van der Waals surface area contributed by atoms with Crippen LogP contribution in [-0.2, 0) is 0 Å². The number of benzene rings is 2. The molecule has 0 unspecified atom stereocenters. The summed E-state index contributed by atoms with van der Waals surface area (Å²) in [6.45, 7) is 0.802. The first-order valence-electron chi connectivity index (χ1n) is 8.40. The number of phenols is 1. The number of amides is 1. The second-order valence-corrected chi connectivity index (χ2v) is 5.80. The third-order valence-corrected chi connectivity index (χ3v) is 3.96. The van der Waals surface area contributed by atoms with E-state index < -0.39 is 0 Å². The molecule has 1 amide bonds. The molecule has 27 heavy (non-hydrogen) atoms. The summed E-state index contributed by atoms with van der Waals surface area (Å²) in [4.78, 5) is 21.0. The lowest BCUT2D eigenvalue weighted by Crippen LogP contribution is -2.28. The molecular formula is C20H20N4O3. The Morgan fingerprint density at radius 1 is 1.15 bits per heavy atom. The quantitative estimate of drug-likeness (QED) is 0.618. The molecule has 7 heteroatoms. The second kappa shape index (κ2) is 8.29. The van der Waals surface area contributed by atoms with Crippen LogP contribution in [0.25, 0.3) is 22.5 Å². The smallest absolute Gasteiger partial charge is 0.251 e. The highest BCUT2D eigenvalue weighted by atomic mass is 16.5. The average Bonchev–Trinajstić information content (AvgIpc) is 2.72. The molecule has 0 spiro atoms. The van der Waals surface area contributed by atoms with Crippen molar-refractivity contribution < 1.29 is 14.6 Å². The van der Waals surface area contributed by atoms with Gasteiger partial charge in [0.15, 0.2) is 11.5 Å². The molecule has 0 saturated heterocycles. The van der Waals surface area contributed by atoms with E-state index in [-0.39, 0.29) is 11.7 Å². The third-order valence-electron chi connectivity index (χ3n) is 3.96. The second-order valence-electron chi connectivity index (χ2n) is 5.80. The predicted molar refractivity (Wildman–Crippen MR) is 103 cm³/mol. The number of aromatic hydroxyl groups is 1. The number of phenolic OH excluding ortho intramolecular Hbond substituents is 1. The third kappa shape index (κ3) is 4.21. The van der Waals surface area contributed by atoms with E-state index in [9.17, 15) is 9.90 Å². The van der Waals surface area contributed by atoms with Crippen LogP contribution >= 0.6 is 0 Å². The van der Waals surface area contributed by atoms with Crippen LogP contribution in [-0.4, -0.2) is 41.2 Å². The maximum absolute atomic E-state index is 12.1. The van der Waals surface area contributed by atoms with Crippen LogP contribution in [0.1, 0.15) is 10.4 Å². The molecule has 0 atom stereocenters. The van der Waals surface area contributed by atoms with E-state index in [4.69, 9.17) is 10.5 Å². The van der Waals surface area contributed by atoms with Crippen LogP contribution in [0.2, 0.25) is 0 Å². The molecule has 1 heterocycles. The number of carbonyl (C=O) groups is 1. The average molecular weight is 364 g/mol. The van der Waals surface area contributed by atoms with Crippen molar-refractivity contribution in [3.8, 4) is 34.0 Å². The normalized spacial score (nSPS) is 10.4. The van der Waals surface area contributed by atoms with E-state index in [1.807, 2.05) is 6.07 Å². The molecule has 0 saturated carbocycles. The van der Waals surface area contributed by atoms with E-state index in [2.05, 4.69) is 15.3 Å². The van der Waals surface area contributed by atoms with Crippen LogP contribution in [0.15, 0.2) is 54.9 Å². The first-order chi connectivity index (χ1) is 13.1. The number of nitrogens with two attached hydrogens (primary N) is 1. The van der Waals surface area contributed by atoms with Crippen molar-refractivity contribution in [1.29, 1.82) is 0 Å². The number of hydrogen-bond acceptors (Lipinski definition) is 6. The number of ether oxygens (including phenoxy) is 1. The maximum atomic E-state index is 12.1. The fourth-order valence-corrected chi connectivity index (χ4v) is 2.59. The number of carbonyl (C=O) groups excluding carboxylic acids is 1. The molecule has 0 fully saturated rings. The van der Waals surface area contributed by atoms with E-state index in [0.717, 1.165) is 11.1 Å². The zero-order chi connectivity index (χ0) is 19.2. The summed E-state index contributed by atoms with van der Waals surface area (Å²) in [6.07, 6.45) is 3.27. The Bertz CT molecular complexity index is 959. The number of nitrogens with one attached hydrogen (secondary N) is 1. The van der Waals surface area contributed by atoms with E-state index in [1.54, 1.807) is 48.8 Å². The van der Waals surface area contributed by atoms with Gasteiger partial charge < -0.3 is 20.9 Å². The van der Waals surface area contributed by atoms with Crippen molar-refractivity contribution in [3.05, 3.63) is 60.4 Å². The van der Waals surface area contributed by atoms with Gasteiger partial charge >= 0.3 is 0 Å². The Hall–Kier alpha value is -3.45. The van der Waals surface area contributed by atoms with Gasteiger partial charge in [0.2, 0.25) is 0 Å². The zero-order valence-corrected chi connectivity index (χ0v) is 14.8. The van der Waals surface area contributed by atoms with Crippen molar-refractivity contribution in [2.45, 2.75) is 0 Å². The number of rotatable bonds is 6. The predicted octanol–water partition coefficient (Wildman–Crippen LogP) is 2.21. The van der Waals surface area contributed by atoms with Crippen molar-refractivity contribution in [1.82, 2.24) is 15.3 Å². The van der Waals surface area contributed by atoms with Gasteiger partial charge in [-0.25, -0.2) is 4.98 Å². The molecule has 0 aliphatic rings. The number of hydrogen-bond donors (Lipinski definition) is 3. The largest absolute Gasteiger partial charge is 0.504 e. The topological polar surface area (TPSA) is 110 Å². The molecular weight excluding hydrogens is 344 g/mol. The van der Waals surface area contributed by atoms with Gasteiger partial charge in [0, 0.05) is 29.8 Å². The lowest BCUT2D eigenvalue weighted by molar-refractivity contribution is 0.0955. The number of nitrogens with zero attached hydrogens (tertiary/aromatic N) is 2. The minimum absolute atomic E-state index is 0.0570. The molecule has 0 aliphatic heterocycles. The van der Waals surface area contributed by atoms with Gasteiger partial charge in [-0.2, -0.15) is 0 Å². The van der Waals surface area contributed by atoms with Crippen molar-refractivity contribution in [3.63, 3.8) is 0 Å². The van der Waals surface area contributed by atoms with Gasteiger partial charge in [0.1, 0.15) is 0 Å². The Morgan fingerprint density at radius 3 is 2.59 bits per heavy atom. The summed E-state index contributed by atoms with van der Waals surface area (Å²) >= 11 is 0. The summed E-state index contributed by atoms with van der Waals surface area (Å²) in [5, 5.41) is 12.5. The van der Waals surface area contributed by atoms with Crippen LogP contribution in [0.5, 0.6) is 11.5 Å². The van der Waals surface area contributed by atoms with Crippen molar-refractivity contribution in [2.75, 3.05) is 20.2 Å². The molecule has 3 aromatic rings. The number of aromatic nitrogens is 2. The monoisotopic (exact) mass is 364 g/mol. The molecule has 2 aromatic carbocycles. The van der Waals surface area contributed by atoms with E-state index >= 15 is 0 Å². The van der Waals surface area contributed by atoms with E-state index in [0.29, 0.717) is 35.8 Å². The molecule has 0 aliphatic carbocycles. The molecule has 7 nitrogen and oxygen atoms in total. The molecule has 1 aromatic heterocycles. The summed E-state index contributed by atoms with van der Waals surface area (Å²) < 4.78 is 5.14. The van der Waals surface area contributed by atoms with Crippen LogP contribution < -0.4 is 15.8 Å². The van der Waals surface area contributed by atoms with Crippen molar-refractivity contribution >= 4 is 5.91 Å². The van der Waals surface area contributed by atoms with Gasteiger partial charge in [-0.1, -0.05) is 12.1 Å². The van der Waals surface area contributed by atoms with Gasteiger partial charge in [-0.3, -0.25) is 9.78 Å². The Kier molecular flexibility index (Phi) is 5.63. The summed E-state index contributed by atoms with van der Waals surface area (Å²) in [6, 6.07) is 12.1. The molecule has 0 radical (unpaired) electrons. The van der Waals surface area contributed by atoms with Gasteiger partial charge in [0.05, 0.1) is 30.9 Å². The number of methoxy groups -OCH3 is 1. The minimum atomic E-state index is -0.185. The maximum Gasteiger partial charge on any atom is 0.251 e. The van der Waals surface area contributed by atoms with E-state index in [1.165, 1.54) is 7.11 Å². The fourth-order valence-electron chi connectivity index (χ4n) is 2.59. The minimum Gasteiger partial charge on any atom is -0.504 e. The highest BCUT2D eigenvalue weighted by molar-refractivity contribution is 5.95. The van der Waals surface area contributed by atoms with Crippen LogP contribution in [0.4, 0.5) is 0 Å². The van der Waals surface area contributed by atoms with Gasteiger partial charge in [0.25, 0.3) is 5.91 Å². The van der Waals surface area contributed by atoms with Gasteiger partial charge in [-0.05, 0) is 30.3 Å². The lowest BCUT2D eigenvalue weighted by Gasteiger charge is -2.09. The summed E-state index contributed by atoms with van der Waals surface area (Å²) in [5.41, 5.74) is 8.74.